The number of aryl methyl sites for hydroxylation is 1. The van der Waals surface area contributed by atoms with Crippen LogP contribution >= 0.6 is 0 Å². The molecule has 0 fully saturated rings. The molecule has 0 bridgehead atoms. The number of rotatable bonds is 7. The maximum absolute atomic E-state index is 12.4. The SMILES string of the molecule is CCS(=O)(=O)NC(=O)c1cccc(Cc2c(-c3ccccc3)n(C)c3cc(OC)ccc23)n1. The first-order chi connectivity index (χ1) is 15.8. The van der Waals surface area contributed by atoms with Crippen molar-refractivity contribution in [3.05, 3.63) is 83.7 Å². The normalized spacial score (nSPS) is 11.5. The summed E-state index contributed by atoms with van der Waals surface area (Å²) in [5.41, 5.74) is 4.92. The Morgan fingerprint density at radius 1 is 1.06 bits per heavy atom. The number of methoxy groups -OCH3 is 1. The Morgan fingerprint density at radius 3 is 2.52 bits per heavy atom. The first-order valence-electron chi connectivity index (χ1n) is 10.5. The van der Waals surface area contributed by atoms with Gasteiger partial charge in [-0.2, -0.15) is 0 Å². The van der Waals surface area contributed by atoms with Crippen molar-refractivity contribution in [3.63, 3.8) is 0 Å². The molecular formula is C25H25N3O4S. The number of carbonyl (C=O) groups excluding carboxylic acids is 1. The topological polar surface area (TPSA) is 90.3 Å². The lowest BCUT2D eigenvalue weighted by molar-refractivity contribution is 0.0976. The molecule has 0 unspecified atom stereocenters. The number of nitrogens with zero attached hydrogens (tertiary/aromatic N) is 2. The van der Waals surface area contributed by atoms with Crippen molar-refractivity contribution >= 4 is 26.8 Å². The summed E-state index contributed by atoms with van der Waals surface area (Å²) in [6, 6.07) is 21.1. The summed E-state index contributed by atoms with van der Waals surface area (Å²) < 4.78 is 33.2. The molecule has 0 atom stereocenters. The summed E-state index contributed by atoms with van der Waals surface area (Å²) in [4.78, 5) is 16.9. The first-order valence-corrected chi connectivity index (χ1v) is 12.2. The smallest absolute Gasteiger partial charge is 0.283 e. The van der Waals surface area contributed by atoms with Crippen molar-refractivity contribution in [2.45, 2.75) is 13.3 Å². The molecule has 0 aliphatic rings. The Morgan fingerprint density at radius 2 is 1.82 bits per heavy atom. The molecule has 170 valence electrons. The van der Waals surface area contributed by atoms with Gasteiger partial charge in [-0.25, -0.2) is 18.1 Å². The van der Waals surface area contributed by atoms with Crippen LogP contribution in [0.25, 0.3) is 22.2 Å². The van der Waals surface area contributed by atoms with Crippen LogP contribution in [0.3, 0.4) is 0 Å². The fourth-order valence-corrected chi connectivity index (χ4v) is 4.45. The largest absolute Gasteiger partial charge is 0.497 e. The van der Waals surface area contributed by atoms with Gasteiger partial charge in [-0.15, -0.1) is 0 Å². The molecule has 1 N–H and O–H groups in total. The minimum atomic E-state index is -3.67. The van der Waals surface area contributed by atoms with E-state index >= 15 is 0 Å². The van der Waals surface area contributed by atoms with Gasteiger partial charge in [-0.1, -0.05) is 36.4 Å². The summed E-state index contributed by atoms with van der Waals surface area (Å²) >= 11 is 0. The van der Waals surface area contributed by atoms with Gasteiger partial charge in [0.1, 0.15) is 11.4 Å². The van der Waals surface area contributed by atoms with Gasteiger partial charge in [-0.05, 0) is 42.3 Å². The molecule has 0 aliphatic carbocycles. The number of amides is 1. The predicted octanol–water partition coefficient (Wildman–Crippen LogP) is 3.92. The first kappa shape index (κ1) is 22.5. The molecule has 4 aromatic rings. The number of hydrogen-bond donors (Lipinski definition) is 1. The van der Waals surface area contributed by atoms with Gasteiger partial charge >= 0.3 is 0 Å². The Hall–Kier alpha value is -3.65. The van der Waals surface area contributed by atoms with Crippen molar-refractivity contribution in [2.75, 3.05) is 12.9 Å². The second kappa shape index (κ2) is 9.07. The molecule has 1 amide bonds. The number of pyridine rings is 1. The highest BCUT2D eigenvalue weighted by atomic mass is 32.2. The van der Waals surface area contributed by atoms with Crippen molar-refractivity contribution < 1.29 is 17.9 Å². The number of nitrogens with one attached hydrogen (secondary N) is 1. The van der Waals surface area contributed by atoms with Gasteiger partial charge < -0.3 is 9.30 Å². The van der Waals surface area contributed by atoms with E-state index in [1.165, 1.54) is 13.0 Å². The van der Waals surface area contributed by atoms with Gasteiger partial charge in [-0.3, -0.25) is 4.79 Å². The number of benzene rings is 2. The molecule has 0 saturated heterocycles. The third-order valence-electron chi connectivity index (χ3n) is 5.59. The number of hydrogen-bond acceptors (Lipinski definition) is 5. The summed E-state index contributed by atoms with van der Waals surface area (Å²) in [7, 11) is -0.0126. The molecule has 0 radical (unpaired) electrons. The van der Waals surface area contributed by atoms with Gasteiger partial charge in [0, 0.05) is 30.6 Å². The van der Waals surface area contributed by atoms with E-state index in [0.29, 0.717) is 12.1 Å². The molecule has 0 aliphatic heterocycles. The van der Waals surface area contributed by atoms with Crippen LogP contribution in [0.2, 0.25) is 0 Å². The highest BCUT2D eigenvalue weighted by molar-refractivity contribution is 7.90. The minimum Gasteiger partial charge on any atom is -0.497 e. The summed E-state index contributed by atoms with van der Waals surface area (Å²) in [5, 5.41) is 1.06. The summed E-state index contributed by atoms with van der Waals surface area (Å²) in [6.45, 7) is 1.47. The zero-order valence-corrected chi connectivity index (χ0v) is 19.5. The van der Waals surface area contributed by atoms with E-state index in [2.05, 4.69) is 21.7 Å². The maximum Gasteiger partial charge on any atom is 0.283 e. The zero-order chi connectivity index (χ0) is 23.6. The average molecular weight is 464 g/mol. The fraction of sp³-hybridized carbons (Fsp3) is 0.200. The Bertz CT molecular complexity index is 1430. The van der Waals surface area contributed by atoms with Crippen LogP contribution in [-0.2, 0) is 23.5 Å². The molecular weight excluding hydrogens is 438 g/mol. The summed E-state index contributed by atoms with van der Waals surface area (Å²) in [6.07, 6.45) is 0.468. The van der Waals surface area contributed by atoms with E-state index in [-0.39, 0.29) is 11.4 Å². The van der Waals surface area contributed by atoms with Gasteiger partial charge in [0.25, 0.3) is 5.91 Å². The zero-order valence-electron chi connectivity index (χ0n) is 18.7. The lowest BCUT2D eigenvalue weighted by Gasteiger charge is -2.10. The van der Waals surface area contributed by atoms with E-state index in [0.717, 1.165) is 33.5 Å². The van der Waals surface area contributed by atoms with E-state index in [4.69, 9.17) is 4.74 Å². The van der Waals surface area contributed by atoms with E-state index < -0.39 is 15.9 Å². The van der Waals surface area contributed by atoms with Crippen LogP contribution < -0.4 is 9.46 Å². The van der Waals surface area contributed by atoms with Crippen LogP contribution in [0, 0.1) is 0 Å². The van der Waals surface area contributed by atoms with Crippen molar-refractivity contribution in [1.29, 1.82) is 0 Å². The lowest BCUT2D eigenvalue weighted by atomic mass is 10.0. The predicted molar refractivity (Wildman–Crippen MR) is 129 cm³/mol. The number of fused-ring (bicyclic) bond motifs is 1. The van der Waals surface area contributed by atoms with Gasteiger partial charge in [0.2, 0.25) is 10.0 Å². The molecule has 7 nitrogen and oxygen atoms in total. The highest BCUT2D eigenvalue weighted by Gasteiger charge is 2.20. The molecule has 2 aromatic carbocycles. The van der Waals surface area contributed by atoms with Crippen LogP contribution in [0.1, 0.15) is 28.7 Å². The molecule has 4 rings (SSSR count). The van der Waals surface area contributed by atoms with E-state index in [1.54, 1.807) is 13.2 Å². The Kier molecular flexibility index (Phi) is 6.20. The number of ether oxygens (including phenoxy) is 1. The van der Waals surface area contributed by atoms with Crippen LogP contribution in [0.4, 0.5) is 0 Å². The Labute approximate surface area is 193 Å². The molecule has 0 saturated carbocycles. The van der Waals surface area contributed by atoms with Gasteiger partial charge in [0.05, 0.1) is 24.1 Å². The van der Waals surface area contributed by atoms with Crippen LogP contribution in [0.5, 0.6) is 5.75 Å². The standard InChI is InChI=1S/C25H25N3O4S/c1-4-33(30,31)27-25(29)22-12-8-11-18(26-22)15-21-20-14-13-19(32-3)16-23(20)28(2)24(21)17-9-6-5-7-10-17/h5-14,16H,4,15H2,1-3H3,(H,27,29). The number of sulfonamides is 1. The lowest BCUT2D eigenvalue weighted by Crippen LogP contribution is -2.32. The fourth-order valence-electron chi connectivity index (χ4n) is 3.92. The Balaban J connectivity index is 1.80. The highest BCUT2D eigenvalue weighted by Crippen LogP contribution is 2.36. The third-order valence-corrected chi connectivity index (χ3v) is 6.84. The third kappa shape index (κ3) is 4.61. The van der Waals surface area contributed by atoms with Crippen LogP contribution in [-0.4, -0.2) is 36.7 Å². The number of aromatic nitrogens is 2. The molecule has 2 heterocycles. The van der Waals surface area contributed by atoms with E-state index in [1.807, 2.05) is 54.2 Å². The van der Waals surface area contributed by atoms with Gasteiger partial charge in [0.15, 0.2) is 0 Å². The number of carbonyl (C=O) groups is 1. The second-order valence-electron chi connectivity index (χ2n) is 7.66. The molecule has 0 spiro atoms. The quantitative estimate of drug-likeness (QED) is 0.449. The van der Waals surface area contributed by atoms with E-state index in [9.17, 15) is 13.2 Å². The van der Waals surface area contributed by atoms with Crippen molar-refractivity contribution in [1.82, 2.24) is 14.3 Å². The van der Waals surface area contributed by atoms with Crippen molar-refractivity contribution in [3.8, 4) is 17.0 Å². The second-order valence-corrected chi connectivity index (χ2v) is 9.67. The summed E-state index contributed by atoms with van der Waals surface area (Å²) in [5.74, 6) is -0.147. The molecule has 8 heteroatoms. The minimum absolute atomic E-state index is 0.0627. The monoisotopic (exact) mass is 463 g/mol. The molecule has 2 aromatic heterocycles. The van der Waals surface area contributed by atoms with Crippen molar-refractivity contribution in [2.24, 2.45) is 7.05 Å². The maximum atomic E-state index is 12.4. The molecule has 33 heavy (non-hydrogen) atoms. The van der Waals surface area contributed by atoms with Crippen LogP contribution in [0.15, 0.2) is 66.7 Å². The average Bonchev–Trinajstić information content (AvgIpc) is 3.10.